The fraction of sp³-hybridized carbons (Fsp3) is 0.600. The van der Waals surface area contributed by atoms with Gasteiger partial charge in [0.15, 0.2) is 0 Å². The molecule has 100 valence electrons. The Morgan fingerprint density at radius 2 is 2.06 bits per heavy atom. The van der Waals surface area contributed by atoms with Crippen molar-refractivity contribution in [3.05, 3.63) is 35.9 Å². The molecule has 0 bridgehead atoms. The molecule has 3 heteroatoms. The first-order chi connectivity index (χ1) is 8.81. The van der Waals surface area contributed by atoms with Crippen LogP contribution >= 0.6 is 0 Å². The zero-order valence-corrected chi connectivity index (χ0v) is 11.4. The summed E-state index contributed by atoms with van der Waals surface area (Å²) in [5.74, 6) is 0. The second kappa shape index (κ2) is 6.88. The first-order valence-electron chi connectivity index (χ1n) is 6.78. The van der Waals surface area contributed by atoms with Crippen molar-refractivity contribution < 1.29 is 4.74 Å². The Morgan fingerprint density at radius 1 is 1.33 bits per heavy atom. The van der Waals surface area contributed by atoms with Gasteiger partial charge in [-0.1, -0.05) is 30.3 Å². The first-order valence-corrected chi connectivity index (χ1v) is 6.78. The fourth-order valence-corrected chi connectivity index (χ4v) is 2.16. The van der Waals surface area contributed by atoms with Gasteiger partial charge in [0.2, 0.25) is 0 Å². The predicted molar refractivity (Wildman–Crippen MR) is 74.7 cm³/mol. The minimum atomic E-state index is 0.432. The van der Waals surface area contributed by atoms with Crippen LogP contribution in [0.25, 0.3) is 0 Å². The number of rotatable bonds is 8. The molecule has 2 rings (SSSR count). The fourth-order valence-electron chi connectivity index (χ4n) is 2.16. The summed E-state index contributed by atoms with van der Waals surface area (Å²) in [5, 5.41) is 3.63. The van der Waals surface area contributed by atoms with Crippen molar-refractivity contribution in [1.82, 2.24) is 10.2 Å². The first kappa shape index (κ1) is 13.5. The smallest absolute Gasteiger partial charge is 0.0589 e. The molecule has 1 aliphatic rings. The van der Waals surface area contributed by atoms with Crippen LogP contribution in [0.15, 0.2) is 30.3 Å². The topological polar surface area (TPSA) is 24.5 Å². The van der Waals surface area contributed by atoms with E-state index in [1.807, 2.05) is 0 Å². The van der Waals surface area contributed by atoms with Crippen molar-refractivity contribution in [2.45, 2.75) is 24.9 Å². The van der Waals surface area contributed by atoms with E-state index in [-0.39, 0.29) is 0 Å². The number of ether oxygens (including phenoxy) is 1. The lowest BCUT2D eigenvalue weighted by molar-refractivity contribution is 0.137. The molecule has 0 aliphatic heterocycles. The molecule has 1 N–H and O–H groups in total. The van der Waals surface area contributed by atoms with Gasteiger partial charge in [0, 0.05) is 32.3 Å². The van der Waals surface area contributed by atoms with E-state index in [1.54, 1.807) is 7.11 Å². The molecule has 1 unspecified atom stereocenters. The molecule has 18 heavy (non-hydrogen) atoms. The molecule has 1 fully saturated rings. The van der Waals surface area contributed by atoms with Gasteiger partial charge in [-0.15, -0.1) is 0 Å². The summed E-state index contributed by atoms with van der Waals surface area (Å²) in [6.45, 7) is 2.76. The van der Waals surface area contributed by atoms with Crippen LogP contribution in [0.3, 0.4) is 0 Å². The van der Waals surface area contributed by atoms with Gasteiger partial charge in [-0.2, -0.15) is 0 Å². The summed E-state index contributed by atoms with van der Waals surface area (Å²) in [5.41, 5.74) is 1.38. The molecule has 0 heterocycles. The number of nitrogens with zero attached hydrogens (tertiary/aromatic N) is 1. The van der Waals surface area contributed by atoms with Crippen molar-refractivity contribution in [1.29, 1.82) is 0 Å². The predicted octanol–water partition coefficient (Wildman–Crippen LogP) is 2.06. The van der Waals surface area contributed by atoms with Crippen molar-refractivity contribution in [3.63, 3.8) is 0 Å². The van der Waals surface area contributed by atoms with E-state index >= 15 is 0 Å². The Hall–Kier alpha value is -0.900. The van der Waals surface area contributed by atoms with Crippen LogP contribution in [-0.2, 0) is 4.74 Å². The quantitative estimate of drug-likeness (QED) is 0.762. The number of likely N-dealkylation sites (N-methyl/N-ethyl adjacent to an activating group) is 1. The maximum absolute atomic E-state index is 5.17. The van der Waals surface area contributed by atoms with Gasteiger partial charge in [-0.3, -0.25) is 4.90 Å². The molecule has 1 aromatic carbocycles. The van der Waals surface area contributed by atoms with Crippen molar-refractivity contribution >= 4 is 0 Å². The highest BCUT2D eigenvalue weighted by molar-refractivity contribution is 5.19. The van der Waals surface area contributed by atoms with Crippen molar-refractivity contribution in [2.75, 3.05) is 33.9 Å². The second-order valence-electron chi connectivity index (χ2n) is 5.08. The van der Waals surface area contributed by atoms with Gasteiger partial charge in [0.05, 0.1) is 6.61 Å². The third-order valence-electron chi connectivity index (χ3n) is 3.54. The third-order valence-corrected chi connectivity index (χ3v) is 3.54. The van der Waals surface area contributed by atoms with Gasteiger partial charge in [-0.05, 0) is 25.5 Å². The number of hydrogen-bond donors (Lipinski definition) is 1. The Labute approximate surface area is 110 Å². The van der Waals surface area contributed by atoms with Crippen LogP contribution in [0.4, 0.5) is 0 Å². The summed E-state index contributed by atoms with van der Waals surface area (Å²) in [4.78, 5) is 2.37. The van der Waals surface area contributed by atoms with Crippen LogP contribution in [0, 0.1) is 0 Å². The van der Waals surface area contributed by atoms with E-state index in [9.17, 15) is 0 Å². The van der Waals surface area contributed by atoms with Crippen molar-refractivity contribution in [3.8, 4) is 0 Å². The minimum absolute atomic E-state index is 0.432. The van der Waals surface area contributed by atoms with Crippen LogP contribution < -0.4 is 5.32 Å². The van der Waals surface area contributed by atoms with Gasteiger partial charge >= 0.3 is 0 Å². The lowest BCUT2D eigenvalue weighted by atomic mass is 10.1. The Bertz CT molecular complexity index is 338. The van der Waals surface area contributed by atoms with E-state index < -0.39 is 0 Å². The van der Waals surface area contributed by atoms with E-state index in [1.165, 1.54) is 18.4 Å². The average molecular weight is 248 g/mol. The molecule has 1 atom stereocenters. The summed E-state index contributed by atoms with van der Waals surface area (Å²) in [7, 11) is 3.93. The summed E-state index contributed by atoms with van der Waals surface area (Å²) < 4.78 is 5.17. The molecular weight excluding hydrogens is 224 g/mol. The lowest BCUT2D eigenvalue weighted by Gasteiger charge is -2.28. The maximum Gasteiger partial charge on any atom is 0.0589 e. The van der Waals surface area contributed by atoms with E-state index in [4.69, 9.17) is 4.74 Å². The molecule has 1 saturated carbocycles. The van der Waals surface area contributed by atoms with E-state index in [0.717, 1.165) is 25.7 Å². The van der Waals surface area contributed by atoms with Gasteiger partial charge in [0.1, 0.15) is 0 Å². The largest absolute Gasteiger partial charge is 0.383 e. The molecular formula is C15H24N2O. The average Bonchev–Trinajstić information content (AvgIpc) is 3.22. The number of hydrogen-bond acceptors (Lipinski definition) is 3. The monoisotopic (exact) mass is 248 g/mol. The lowest BCUT2D eigenvalue weighted by Crippen LogP contribution is -2.36. The second-order valence-corrected chi connectivity index (χ2v) is 5.08. The molecule has 0 aromatic heterocycles. The van der Waals surface area contributed by atoms with E-state index in [0.29, 0.717) is 6.04 Å². The van der Waals surface area contributed by atoms with Crippen LogP contribution in [0.1, 0.15) is 24.4 Å². The van der Waals surface area contributed by atoms with Gasteiger partial charge < -0.3 is 10.1 Å². The normalized spacial score (nSPS) is 17.1. The Kier molecular flexibility index (Phi) is 5.17. The molecule has 1 aromatic rings. The zero-order chi connectivity index (χ0) is 12.8. The zero-order valence-electron chi connectivity index (χ0n) is 11.4. The number of benzene rings is 1. The standard InChI is InChI=1S/C15H24N2O/c1-17(10-11-18-2)15(12-16-14-8-9-14)13-6-4-3-5-7-13/h3-7,14-16H,8-12H2,1-2H3. The summed E-state index contributed by atoms with van der Waals surface area (Å²) in [6.07, 6.45) is 2.67. The number of methoxy groups -OCH3 is 1. The molecule has 0 radical (unpaired) electrons. The molecule has 1 aliphatic carbocycles. The van der Waals surface area contributed by atoms with Crippen LogP contribution in [0.5, 0.6) is 0 Å². The molecule has 0 amide bonds. The van der Waals surface area contributed by atoms with Gasteiger partial charge in [-0.25, -0.2) is 0 Å². The van der Waals surface area contributed by atoms with Crippen LogP contribution in [-0.4, -0.2) is 44.8 Å². The minimum Gasteiger partial charge on any atom is -0.383 e. The highest BCUT2D eigenvalue weighted by Crippen LogP contribution is 2.22. The Balaban J connectivity index is 1.96. The molecule has 0 spiro atoms. The summed E-state index contributed by atoms with van der Waals surface area (Å²) in [6, 6.07) is 11.9. The highest BCUT2D eigenvalue weighted by atomic mass is 16.5. The molecule has 0 saturated heterocycles. The third kappa shape index (κ3) is 4.09. The van der Waals surface area contributed by atoms with E-state index in [2.05, 4.69) is 47.6 Å². The summed E-state index contributed by atoms with van der Waals surface area (Å²) >= 11 is 0. The van der Waals surface area contributed by atoms with Crippen molar-refractivity contribution in [2.24, 2.45) is 0 Å². The van der Waals surface area contributed by atoms with Crippen LogP contribution in [0.2, 0.25) is 0 Å². The Morgan fingerprint density at radius 3 is 2.67 bits per heavy atom. The number of nitrogens with one attached hydrogen (secondary N) is 1. The highest BCUT2D eigenvalue weighted by Gasteiger charge is 2.23. The molecule has 3 nitrogen and oxygen atoms in total. The maximum atomic E-state index is 5.17. The van der Waals surface area contributed by atoms with Gasteiger partial charge in [0.25, 0.3) is 0 Å². The SMILES string of the molecule is COCCN(C)C(CNC1CC1)c1ccccc1.